The molecular weight excluding hydrogens is 264 g/mol. The normalized spacial score (nSPS) is 10.6. The fourth-order valence-corrected chi connectivity index (χ4v) is 2.33. The van der Waals surface area contributed by atoms with E-state index in [1.165, 1.54) is 11.1 Å². The number of rotatable bonds is 4. The lowest BCUT2D eigenvalue weighted by Crippen LogP contribution is -2.38. The molecule has 2 N–H and O–H groups in total. The first-order valence-corrected chi connectivity index (χ1v) is 7.21. The molecule has 2 nitrogen and oxygen atoms in total. The van der Waals surface area contributed by atoms with Crippen molar-refractivity contribution in [3.8, 4) is 11.1 Å². The predicted molar refractivity (Wildman–Crippen MR) is 90.8 cm³/mol. The summed E-state index contributed by atoms with van der Waals surface area (Å²) < 4.78 is 0. The van der Waals surface area contributed by atoms with E-state index in [0.717, 1.165) is 12.2 Å². The fraction of sp³-hybridized carbons (Fsp3) is 0.235. The second kappa shape index (κ2) is 6.53. The Balaban J connectivity index is 2.24. The maximum absolute atomic E-state index is 5.82. The largest absolute Gasteiger partial charge is 0.376 e. The molecule has 0 atom stereocenters. The van der Waals surface area contributed by atoms with Crippen molar-refractivity contribution in [3.63, 3.8) is 0 Å². The van der Waals surface area contributed by atoms with Crippen LogP contribution in [0.4, 0.5) is 5.69 Å². The van der Waals surface area contributed by atoms with Gasteiger partial charge in [0.2, 0.25) is 0 Å². The van der Waals surface area contributed by atoms with Gasteiger partial charge in [-0.1, -0.05) is 56.3 Å². The Morgan fingerprint density at radius 2 is 1.55 bits per heavy atom. The smallest absolute Gasteiger partial charge is 0.170 e. The van der Waals surface area contributed by atoms with E-state index in [9.17, 15) is 0 Å². The summed E-state index contributed by atoms with van der Waals surface area (Å²) in [6, 6.07) is 18.7. The van der Waals surface area contributed by atoms with Gasteiger partial charge in [-0.2, -0.15) is 0 Å². The first-order valence-electron chi connectivity index (χ1n) is 6.80. The molecule has 0 aromatic heterocycles. The van der Waals surface area contributed by atoms with Crippen LogP contribution in [-0.2, 0) is 0 Å². The highest BCUT2D eigenvalue weighted by molar-refractivity contribution is 7.80. The van der Waals surface area contributed by atoms with Gasteiger partial charge in [-0.3, -0.25) is 0 Å². The van der Waals surface area contributed by atoms with Crippen molar-refractivity contribution in [2.24, 2.45) is 11.7 Å². The van der Waals surface area contributed by atoms with Gasteiger partial charge in [0.05, 0.1) is 0 Å². The molecule has 0 aliphatic heterocycles. The fourth-order valence-electron chi connectivity index (χ4n) is 2.15. The molecule has 0 fully saturated rings. The van der Waals surface area contributed by atoms with Crippen LogP contribution in [-0.4, -0.2) is 11.7 Å². The Hall–Kier alpha value is -1.87. The second-order valence-corrected chi connectivity index (χ2v) is 5.67. The minimum Gasteiger partial charge on any atom is -0.376 e. The van der Waals surface area contributed by atoms with E-state index in [4.69, 9.17) is 18.0 Å². The van der Waals surface area contributed by atoms with Crippen LogP contribution in [0.25, 0.3) is 11.1 Å². The van der Waals surface area contributed by atoms with E-state index in [0.29, 0.717) is 11.0 Å². The van der Waals surface area contributed by atoms with Crippen LogP contribution in [0.5, 0.6) is 0 Å². The summed E-state index contributed by atoms with van der Waals surface area (Å²) in [5.74, 6) is 0.505. The maximum Gasteiger partial charge on any atom is 0.170 e. The molecule has 104 valence electrons. The third-order valence-corrected chi connectivity index (χ3v) is 3.32. The number of nitrogens with two attached hydrogens (primary N) is 1. The SMILES string of the molecule is CC(C)CN(C(N)=S)c1ccc(-c2ccccc2)cc1. The van der Waals surface area contributed by atoms with Crippen molar-refractivity contribution in [3.05, 3.63) is 54.6 Å². The maximum atomic E-state index is 5.82. The third kappa shape index (κ3) is 3.58. The van der Waals surface area contributed by atoms with Crippen LogP contribution in [0, 0.1) is 5.92 Å². The molecule has 2 aromatic carbocycles. The lowest BCUT2D eigenvalue weighted by Gasteiger charge is -2.25. The second-order valence-electron chi connectivity index (χ2n) is 5.26. The van der Waals surface area contributed by atoms with Crippen LogP contribution in [0.15, 0.2) is 54.6 Å². The number of benzene rings is 2. The minimum absolute atomic E-state index is 0.422. The highest BCUT2D eigenvalue weighted by Crippen LogP contribution is 2.23. The standard InChI is InChI=1S/C17H20N2S/c1-13(2)12-19(17(18)20)16-10-8-15(9-11-16)14-6-4-3-5-7-14/h3-11,13H,12H2,1-2H3,(H2,18,20). The van der Waals surface area contributed by atoms with Crippen LogP contribution in [0.3, 0.4) is 0 Å². The first kappa shape index (κ1) is 14.5. The Labute approximate surface area is 126 Å². The van der Waals surface area contributed by atoms with Crippen molar-refractivity contribution >= 4 is 23.0 Å². The summed E-state index contributed by atoms with van der Waals surface area (Å²) in [6.45, 7) is 5.15. The van der Waals surface area contributed by atoms with Gasteiger partial charge in [0.15, 0.2) is 5.11 Å². The van der Waals surface area contributed by atoms with Crippen molar-refractivity contribution in [1.82, 2.24) is 0 Å². The third-order valence-electron chi connectivity index (χ3n) is 3.10. The molecule has 0 aliphatic rings. The van der Waals surface area contributed by atoms with E-state index in [-0.39, 0.29) is 0 Å². The Bertz CT molecular complexity index is 561. The molecule has 20 heavy (non-hydrogen) atoms. The van der Waals surface area contributed by atoms with Crippen molar-refractivity contribution < 1.29 is 0 Å². The van der Waals surface area contributed by atoms with Gasteiger partial charge in [0, 0.05) is 12.2 Å². The molecule has 0 amide bonds. The molecule has 0 aliphatic carbocycles. The van der Waals surface area contributed by atoms with Crippen LogP contribution >= 0.6 is 12.2 Å². The Morgan fingerprint density at radius 1 is 1.00 bits per heavy atom. The van der Waals surface area contributed by atoms with Gasteiger partial charge in [0.25, 0.3) is 0 Å². The average Bonchev–Trinajstić information content (AvgIpc) is 2.45. The Morgan fingerprint density at radius 3 is 2.05 bits per heavy atom. The van der Waals surface area contributed by atoms with Crippen LogP contribution in [0.2, 0.25) is 0 Å². The highest BCUT2D eigenvalue weighted by atomic mass is 32.1. The summed E-state index contributed by atoms with van der Waals surface area (Å²) in [6.07, 6.45) is 0. The molecule has 0 saturated carbocycles. The zero-order valence-corrected chi connectivity index (χ0v) is 12.7. The van der Waals surface area contributed by atoms with E-state index < -0.39 is 0 Å². The first-order chi connectivity index (χ1) is 9.58. The monoisotopic (exact) mass is 284 g/mol. The average molecular weight is 284 g/mol. The van der Waals surface area contributed by atoms with Crippen LogP contribution < -0.4 is 10.6 Å². The zero-order chi connectivity index (χ0) is 14.5. The summed E-state index contributed by atoms with van der Waals surface area (Å²) in [7, 11) is 0. The number of hydrogen-bond acceptors (Lipinski definition) is 1. The molecular formula is C17H20N2S. The quantitative estimate of drug-likeness (QED) is 0.859. The summed E-state index contributed by atoms with van der Waals surface area (Å²) in [5.41, 5.74) is 9.28. The van der Waals surface area contributed by atoms with Crippen molar-refractivity contribution in [2.75, 3.05) is 11.4 Å². The van der Waals surface area contributed by atoms with Gasteiger partial charge in [-0.25, -0.2) is 0 Å². The molecule has 0 heterocycles. The molecule has 0 spiro atoms. The lowest BCUT2D eigenvalue weighted by molar-refractivity contribution is 0.658. The number of thiocarbonyl (C=S) groups is 1. The number of hydrogen-bond donors (Lipinski definition) is 1. The summed E-state index contributed by atoms with van der Waals surface area (Å²) in [5, 5.41) is 0.422. The van der Waals surface area contributed by atoms with E-state index in [1.54, 1.807) is 0 Å². The van der Waals surface area contributed by atoms with E-state index in [1.807, 2.05) is 23.1 Å². The van der Waals surface area contributed by atoms with Gasteiger partial charge >= 0.3 is 0 Å². The highest BCUT2D eigenvalue weighted by Gasteiger charge is 2.11. The Kier molecular flexibility index (Phi) is 4.74. The molecule has 0 saturated heterocycles. The van der Waals surface area contributed by atoms with Crippen molar-refractivity contribution in [1.29, 1.82) is 0 Å². The molecule has 3 heteroatoms. The van der Waals surface area contributed by atoms with Gasteiger partial charge in [-0.15, -0.1) is 0 Å². The van der Waals surface area contributed by atoms with Crippen molar-refractivity contribution in [2.45, 2.75) is 13.8 Å². The molecule has 2 rings (SSSR count). The number of anilines is 1. The zero-order valence-electron chi connectivity index (χ0n) is 11.9. The summed E-state index contributed by atoms with van der Waals surface area (Å²) in [4.78, 5) is 1.98. The number of nitrogens with zero attached hydrogens (tertiary/aromatic N) is 1. The molecule has 2 aromatic rings. The summed E-state index contributed by atoms with van der Waals surface area (Å²) >= 11 is 5.15. The molecule has 0 bridgehead atoms. The lowest BCUT2D eigenvalue weighted by atomic mass is 10.1. The van der Waals surface area contributed by atoms with Gasteiger partial charge < -0.3 is 10.6 Å². The molecule has 0 radical (unpaired) electrons. The van der Waals surface area contributed by atoms with E-state index >= 15 is 0 Å². The van der Waals surface area contributed by atoms with E-state index in [2.05, 4.69) is 50.2 Å². The topological polar surface area (TPSA) is 29.3 Å². The van der Waals surface area contributed by atoms with Crippen LogP contribution in [0.1, 0.15) is 13.8 Å². The van der Waals surface area contributed by atoms with Gasteiger partial charge in [-0.05, 0) is 41.4 Å². The predicted octanol–water partition coefficient (Wildman–Crippen LogP) is 4.06. The van der Waals surface area contributed by atoms with Gasteiger partial charge in [0.1, 0.15) is 0 Å². The minimum atomic E-state index is 0.422. The molecule has 0 unspecified atom stereocenters.